The molecule has 2 N–H and O–H groups in total. The number of piperazine rings is 1. The first-order valence-electron chi connectivity index (χ1n) is 9.01. The van der Waals surface area contributed by atoms with Gasteiger partial charge in [-0.3, -0.25) is 18.7 Å². The fraction of sp³-hybridized carbons (Fsp3) is 0.556. The lowest BCUT2D eigenvalue weighted by Gasteiger charge is -2.28. The second-order valence-corrected chi connectivity index (χ2v) is 8.60. The predicted octanol–water partition coefficient (Wildman–Crippen LogP) is 0.518. The Hall–Kier alpha value is -2.51. The maximum absolute atomic E-state index is 13.1. The molecule has 3 rings (SSSR count). The molecule has 2 aromatic heterocycles. The van der Waals surface area contributed by atoms with Crippen molar-refractivity contribution in [2.24, 2.45) is 7.05 Å². The van der Waals surface area contributed by atoms with Gasteiger partial charge in [0, 0.05) is 33.2 Å². The molecular weight excluding hydrogens is 380 g/mol. The first-order chi connectivity index (χ1) is 13.3. The fourth-order valence-corrected chi connectivity index (χ4v) is 3.80. The van der Waals surface area contributed by atoms with E-state index in [1.165, 1.54) is 4.57 Å². The summed E-state index contributed by atoms with van der Waals surface area (Å²) in [7, 11) is 1.60. The van der Waals surface area contributed by atoms with Crippen molar-refractivity contribution in [1.82, 2.24) is 24.4 Å². The number of carbonyl (C=O) groups is 1. The minimum Gasteiger partial charge on any atom is -0.480 e. The van der Waals surface area contributed by atoms with E-state index >= 15 is 0 Å². The maximum atomic E-state index is 13.1. The first kappa shape index (κ1) is 20.2. The molecule has 9 nitrogen and oxygen atoms in total. The summed E-state index contributed by atoms with van der Waals surface area (Å²) in [6.07, 6.45) is 0. The van der Waals surface area contributed by atoms with E-state index in [1.54, 1.807) is 27.8 Å². The third-order valence-electron chi connectivity index (χ3n) is 4.60. The zero-order chi connectivity index (χ0) is 20.5. The number of fused-ring (bicyclic) bond motifs is 1. The normalized spacial score (nSPS) is 14.8. The number of rotatable bonds is 5. The molecule has 0 spiro atoms. The molecule has 2 aromatic rings. The molecule has 0 saturated carbocycles. The lowest BCUT2D eigenvalue weighted by Crippen LogP contribution is -2.44. The van der Waals surface area contributed by atoms with Crippen molar-refractivity contribution in [2.75, 3.05) is 31.1 Å². The molecule has 28 heavy (non-hydrogen) atoms. The smallest absolute Gasteiger partial charge is 0.319 e. The fourth-order valence-electron chi connectivity index (χ4n) is 2.91. The predicted molar refractivity (Wildman–Crippen MR) is 109 cm³/mol. The Morgan fingerprint density at radius 3 is 2.61 bits per heavy atom. The van der Waals surface area contributed by atoms with Gasteiger partial charge in [-0.25, -0.2) is 4.98 Å². The minimum atomic E-state index is -1.12. The summed E-state index contributed by atoms with van der Waals surface area (Å²) >= 11 is 1.03. The number of hydrogen-bond acceptors (Lipinski definition) is 7. The van der Waals surface area contributed by atoms with Gasteiger partial charge >= 0.3 is 5.97 Å². The van der Waals surface area contributed by atoms with Crippen LogP contribution in [0.1, 0.15) is 20.8 Å². The molecule has 0 bridgehead atoms. The summed E-state index contributed by atoms with van der Waals surface area (Å²) in [5, 5.41) is 13.0. The van der Waals surface area contributed by atoms with Crippen molar-refractivity contribution < 1.29 is 9.90 Å². The van der Waals surface area contributed by atoms with Gasteiger partial charge in [-0.2, -0.15) is 4.98 Å². The zero-order valence-corrected chi connectivity index (χ0v) is 17.3. The molecule has 1 fully saturated rings. The van der Waals surface area contributed by atoms with Crippen molar-refractivity contribution in [3.8, 4) is 11.8 Å². The third kappa shape index (κ3) is 3.72. The van der Waals surface area contributed by atoms with Gasteiger partial charge in [0.1, 0.15) is 4.75 Å². The number of nitrogens with zero attached hydrogens (tertiary/aromatic N) is 5. The summed E-state index contributed by atoms with van der Waals surface area (Å²) in [4.78, 5) is 35.9. The number of aliphatic carboxylic acids is 1. The lowest BCUT2D eigenvalue weighted by atomic mass is 10.2. The summed E-state index contributed by atoms with van der Waals surface area (Å²) in [6.45, 7) is 8.48. The van der Waals surface area contributed by atoms with Gasteiger partial charge in [0.2, 0.25) is 5.95 Å². The Labute approximate surface area is 167 Å². The highest BCUT2D eigenvalue weighted by Gasteiger charge is 2.31. The van der Waals surface area contributed by atoms with Crippen LogP contribution in [0.25, 0.3) is 11.2 Å². The third-order valence-corrected chi connectivity index (χ3v) is 5.83. The second kappa shape index (κ2) is 7.85. The number of carboxylic acids is 1. The molecule has 1 aliphatic rings. The monoisotopic (exact) mass is 404 g/mol. The van der Waals surface area contributed by atoms with Crippen LogP contribution < -0.4 is 15.8 Å². The van der Waals surface area contributed by atoms with Crippen LogP contribution in [0.15, 0.2) is 9.95 Å². The average molecular weight is 404 g/mol. The number of hydrogen-bond donors (Lipinski definition) is 2. The highest BCUT2D eigenvalue weighted by molar-refractivity contribution is 8.01. The van der Waals surface area contributed by atoms with E-state index < -0.39 is 10.7 Å². The molecule has 0 amide bonds. The Morgan fingerprint density at radius 1 is 1.32 bits per heavy atom. The number of aromatic nitrogens is 4. The highest BCUT2D eigenvalue weighted by atomic mass is 32.2. The molecule has 0 radical (unpaired) electrons. The van der Waals surface area contributed by atoms with E-state index in [9.17, 15) is 14.7 Å². The molecular formula is C18H24N6O3S. The summed E-state index contributed by atoms with van der Waals surface area (Å²) in [5.41, 5.74) is 0.440. The van der Waals surface area contributed by atoms with Gasteiger partial charge in [0.25, 0.3) is 5.56 Å². The van der Waals surface area contributed by atoms with Crippen LogP contribution in [-0.4, -0.2) is 61.1 Å². The van der Waals surface area contributed by atoms with Crippen LogP contribution in [0.5, 0.6) is 0 Å². The topological polar surface area (TPSA) is 105 Å². The molecule has 10 heteroatoms. The van der Waals surface area contributed by atoms with Gasteiger partial charge in [0.05, 0.1) is 6.54 Å². The van der Waals surface area contributed by atoms with Crippen LogP contribution in [0.3, 0.4) is 0 Å². The van der Waals surface area contributed by atoms with Crippen molar-refractivity contribution in [2.45, 2.75) is 37.2 Å². The van der Waals surface area contributed by atoms with Gasteiger partial charge in [-0.1, -0.05) is 17.7 Å². The van der Waals surface area contributed by atoms with E-state index in [4.69, 9.17) is 0 Å². The number of anilines is 1. The van der Waals surface area contributed by atoms with Gasteiger partial charge in [-0.15, -0.1) is 5.92 Å². The Balaban J connectivity index is 2.17. The van der Waals surface area contributed by atoms with Crippen molar-refractivity contribution in [1.29, 1.82) is 0 Å². The van der Waals surface area contributed by atoms with Crippen LogP contribution in [0, 0.1) is 11.8 Å². The molecule has 150 valence electrons. The first-order valence-corrected chi connectivity index (χ1v) is 9.83. The van der Waals surface area contributed by atoms with Crippen molar-refractivity contribution >= 4 is 34.8 Å². The number of thioether (sulfide) groups is 1. The molecule has 1 aliphatic heterocycles. The second-order valence-electron chi connectivity index (χ2n) is 7.01. The Morgan fingerprint density at radius 2 is 2.00 bits per heavy atom. The van der Waals surface area contributed by atoms with E-state index in [0.717, 1.165) is 37.9 Å². The summed E-state index contributed by atoms with van der Waals surface area (Å²) < 4.78 is 2.07. The standard InChI is InChI=1S/C18H24N6O3S/c1-5-6-9-24-12-13(20-16(24)23-10-7-19-8-11-23)21-17(22(4)14(12)25)28-18(2,3)15(26)27/h19H,7-11H2,1-4H3,(H,26,27). The zero-order valence-electron chi connectivity index (χ0n) is 16.4. The quantitative estimate of drug-likeness (QED) is 0.422. The van der Waals surface area contributed by atoms with Crippen molar-refractivity contribution in [3.05, 3.63) is 10.4 Å². The van der Waals surface area contributed by atoms with Crippen LogP contribution >= 0.6 is 11.8 Å². The lowest BCUT2D eigenvalue weighted by molar-refractivity contribution is -0.138. The molecule has 0 aliphatic carbocycles. The van der Waals surface area contributed by atoms with Crippen LogP contribution in [0.2, 0.25) is 0 Å². The minimum absolute atomic E-state index is 0.263. The van der Waals surface area contributed by atoms with Gasteiger partial charge < -0.3 is 15.3 Å². The summed E-state index contributed by atoms with van der Waals surface area (Å²) in [6, 6.07) is 0. The van der Waals surface area contributed by atoms with E-state index in [0.29, 0.717) is 28.8 Å². The summed E-state index contributed by atoms with van der Waals surface area (Å²) in [5.74, 6) is 5.57. The highest BCUT2D eigenvalue weighted by Crippen LogP contribution is 2.31. The number of imidazole rings is 1. The van der Waals surface area contributed by atoms with Crippen LogP contribution in [-0.2, 0) is 18.4 Å². The maximum Gasteiger partial charge on any atom is 0.319 e. The molecule has 0 aromatic carbocycles. The van der Waals surface area contributed by atoms with Crippen molar-refractivity contribution in [3.63, 3.8) is 0 Å². The SMILES string of the molecule is CC#CCn1c(N2CCNCC2)nc2nc(SC(C)(C)C(=O)O)n(C)c(=O)c21. The molecule has 0 unspecified atom stereocenters. The number of nitrogens with one attached hydrogen (secondary N) is 1. The van der Waals surface area contributed by atoms with E-state index in [2.05, 4.69) is 32.0 Å². The largest absolute Gasteiger partial charge is 0.480 e. The Kier molecular flexibility index (Phi) is 5.67. The van der Waals surface area contributed by atoms with Crippen LogP contribution in [0.4, 0.5) is 5.95 Å². The average Bonchev–Trinajstić information content (AvgIpc) is 3.03. The van der Waals surface area contributed by atoms with E-state index in [-0.39, 0.29) is 5.56 Å². The van der Waals surface area contributed by atoms with Gasteiger partial charge in [0.15, 0.2) is 16.3 Å². The molecule has 0 atom stereocenters. The van der Waals surface area contributed by atoms with E-state index in [1.807, 2.05) is 4.57 Å². The molecule has 1 saturated heterocycles. The molecule has 3 heterocycles. The van der Waals surface area contributed by atoms with Gasteiger partial charge in [-0.05, 0) is 20.8 Å². The Bertz CT molecular complexity index is 1020. The number of carboxylic acid groups (broad SMARTS) is 1.